The van der Waals surface area contributed by atoms with E-state index in [4.69, 9.17) is 0 Å². The van der Waals surface area contributed by atoms with Gasteiger partial charge in [0, 0.05) is 17.3 Å². The van der Waals surface area contributed by atoms with Crippen LogP contribution in [-0.2, 0) is 9.59 Å². The van der Waals surface area contributed by atoms with E-state index >= 15 is 0 Å². The van der Waals surface area contributed by atoms with E-state index in [1.54, 1.807) is 13.0 Å². The van der Waals surface area contributed by atoms with Crippen LogP contribution in [-0.4, -0.2) is 34.0 Å². The highest BCUT2D eigenvalue weighted by atomic mass is 16.3. The molecule has 0 aliphatic heterocycles. The molecule has 3 aliphatic carbocycles. The molecule has 0 bridgehead atoms. The Morgan fingerprint density at radius 3 is 2.38 bits per heavy atom. The normalized spacial score (nSPS) is 44.2. The minimum Gasteiger partial charge on any atom is -0.387 e. The number of Topliss-reactive ketones (excluding diaryl/α,β-unsaturated/α-hetero) is 1. The van der Waals surface area contributed by atoms with Crippen LogP contribution in [0.15, 0.2) is 36.0 Å². The van der Waals surface area contributed by atoms with E-state index in [1.807, 2.05) is 26.8 Å². The highest BCUT2D eigenvalue weighted by molar-refractivity contribution is 6.00. The maximum Gasteiger partial charge on any atom is 0.168 e. The minimum absolute atomic E-state index is 0.0285. The molecule has 1 saturated carbocycles. The fraction of sp³-hybridized carbons (Fsp3) is 0.600. The predicted octanol–water partition coefficient (Wildman–Crippen LogP) is 2.36. The van der Waals surface area contributed by atoms with Crippen molar-refractivity contribution in [3.8, 4) is 0 Å². The zero-order valence-corrected chi connectivity index (χ0v) is 14.8. The smallest absolute Gasteiger partial charge is 0.168 e. The highest BCUT2D eigenvalue weighted by Gasteiger charge is 2.59. The van der Waals surface area contributed by atoms with Gasteiger partial charge in [-0.3, -0.25) is 9.59 Å². The number of carbonyl (C=O) groups excluding carboxylic acids is 2. The first kappa shape index (κ1) is 17.3. The summed E-state index contributed by atoms with van der Waals surface area (Å²) < 4.78 is 0. The lowest BCUT2D eigenvalue weighted by molar-refractivity contribution is -0.152. The summed E-state index contributed by atoms with van der Waals surface area (Å²) in [5, 5.41) is 21.2. The van der Waals surface area contributed by atoms with Crippen LogP contribution in [0.4, 0.5) is 0 Å². The van der Waals surface area contributed by atoms with Crippen LogP contribution >= 0.6 is 0 Å². The van der Waals surface area contributed by atoms with Gasteiger partial charge in [-0.25, -0.2) is 0 Å². The summed E-state index contributed by atoms with van der Waals surface area (Å²) in [7, 11) is 0. The van der Waals surface area contributed by atoms with E-state index < -0.39 is 28.5 Å². The van der Waals surface area contributed by atoms with Crippen LogP contribution in [0.3, 0.4) is 0 Å². The van der Waals surface area contributed by atoms with E-state index in [0.717, 1.165) is 11.1 Å². The standard InChI is InChI=1S/C20H26O4/c1-6-19(4)15(22)9-12-11(16(19)23)7-8-14-18(2,3)17(24)13(21)10-20(12,14)5/h6-7,9,14,16-17,23-24H,1,8,10H2,2-5H3/t14-,16-,17-,19+,20+/m1/s1. The van der Waals surface area contributed by atoms with Crippen LogP contribution in [0, 0.1) is 22.2 Å². The first-order chi connectivity index (χ1) is 11.0. The molecule has 0 spiro atoms. The number of rotatable bonds is 1. The number of hydrogen-bond donors (Lipinski definition) is 2. The van der Waals surface area contributed by atoms with Crippen molar-refractivity contribution in [1.29, 1.82) is 0 Å². The Morgan fingerprint density at radius 2 is 1.79 bits per heavy atom. The molecule has 1 fully saturated rings. The van der Waals surface area contributed by atoms with Gasteiger partial charge in [0.15, 0.2) is 11.6 Å². The fourth-order valence-corrected chi connectivity index (χ4v) is 5.00. The summed E-state index contributed by atoms with van der Waals surface area (Å²) >= 11 is 0. The molecule has 0 aromatic rings. The molecule has 130 valence electrons. The molecule has 0 unspecified atom stereocenters. The molecule has 0 heterocycles. The predicted molar refractivity (Wildman–Crippen MR) is 91.1 cm³/mol. The van der Waals surface area contributed by atoms with Crippen molar-refractivity contribution in [3.05, 3.63) is 36.0 Å². The number of ketones is 2. The zero-order chi connectivity index (χ0) is 18.1. The Kier molecular flexibility index (Phi) is 3.60. The summed E-state index contributed by atoms with van der Waals surface area (Å²) in [5.41, 5.74) is -0.685. The van der Waals surface area contributed by atoms with E-state index in [2.05, 4.69) is 6.58 Å². The summed E-state index contributed by atoms with van der Waals surface area (Å²) in [6.45, 7) is 11.2. The quantitative estimate of drug-likeness (QED) is 0.724. The van der Waals surface area contributed by atoms with Crippen LogP contribution in [0.1, 0.15) is 40.5 Å². The maximum absolute atomic E-state index is 12.7. The Hall–Kier alpha value is -1.52. The lowest BCUT2D eigenvalue weighted by Crippen LogP contribution is -2.58. The van der Waals surface area contributed by atoms with E-state index in [0.29, 0.717) is 6.42 Å². The Morgan fingerprint density at radius 1 is 1.17 bits per heavy atom. The number of aliphatic hydroxyl groups is 2. The van der Waals surface area contributed by atoms with Gasteiger partial charge in [0.1, 0.15) is 6.10 Å². The number of fused-ring (bicyclic) bond motifs is 3. The first-order valence-corrected chi connectivity index (χ1v) is 8.49. The summed E-state index contributed by atoms with van der Waals surface area (Å²) in [6, 6.07) is 0. The summed E-state index contributed by atoms with van der Waals surface area (Å²) in [4.78, 5) is 25.1. The average molecular weight is 330 g/mol. The van der Waals surface area contributed by atoms with E-state index in [-0.39, 0.29) is 23.9 Å². The molecule has 0 aromatic heterocycles. The van der Waals surface area contributed by atoms with Gasteiger partial charge in [-0.2, -0.15) is 0 Å². The molecule has 4 nitrogen and oxygen atoms in total. The zero-order valence-electron chi connectivity index (χ0n) is 14.8. The molecule has 0 radical (unpaired) electrons. The van der Waals surface area contributed by atoms with Gasteiger partial charge >= 0.3 is 0 Å². The van der Waals surface area contributed by atoms with Crippen molar-refractivity contribution in [1.82, 2.24) is 0 Å². The Balaban J connectivity index is 2.18. The third-order valence-electron chi connectivity index (χ3n) is 6.81. The molecule has 4 heteroatoms. The molecule has 5 atom stereocenters. The topological polar surface area (TPSA) is 74.6 Å². The van der Waals surface area contributed by atoms with Gasteiger partial charge in [-0.05, 0) is 36.5 Å². The minimum atomic E-state index is -1.04. The SMILES string of the molecule is C=C[C@@]1(C)C(=O)C=C2C(=CC[C@@H]3C(C)(C)[C@H](O)C(=O)C[C@@]23C)[C@H]1O. The summed E-state index contributed by atoms with van der Waals surface area (Å²) in [5.74, 6) is -0.351. The molecule has 0 aromatic carbocycles. The molecule has 2 N–H and O–H groups in total. The molecule has 3 aliphatic rings. The molecule has 0 saturated heterocycles. The van der Waals surface area contributed by atoms with Gasteiger partial charge in [-0.15, -0.1) is 6.58 Å². The summed E-state index contributed by atoms with van der Waals surface area (Å²) in [6.07, 6.45) is 3.98. The third kappa shape index (κ3) is 1.93. The largest absolute Gasteiger partial charge is 0.387 e. The number of hydrogen-bond acceptors (Lipinski definition) is 4. The van der Waals surface area contributed by atoms with Crippen molar-refractivity contribution in [3.63, 3.8) is 0 Å². The van der Waals surface area contributed by atoms with Crippen molar-refractivity contribution in [2.75, 3.05) is 0 Å². The molecule has 0 amide bonds. The Labute approximate surface area is 142 Å². The Bertz CT molecular complexity index is 698. The third-order valence-corrected chi connectivity index (χ3v) is 6.81. The van der Waals surface area contributed by atoms with Crippen molar-refractivity contribution in [2.45, 2.75) is 52.7 Å². The first-order valence-electron chi connectivity index (χ1n) is 8.49. The fourth-order valence-electron chi connectivity index (χ4n) is 5.00. The van der Waals surface area contributed by atoms with Crippen molar-refractivity contribution in [2.24, 2.45) is 22.2 Å². The van der Waals surface area contributed by atoms with Crippen LogP contribution in [0.5, 0.6) is 0 Å². The second-order valence-electron chi connectivity index (χ2n) is 8.54. The van der Waals surface area contributed by atoms with Crippen LogP contribution < -0.4 is 0 Å². The highest BCUT2D eigenvalue weighted by Crippen LogP contribution is 2.60. The lowest BCUT2D eigenvalue weighted by Gasteiger charge is -2.57. The van der Waals surface area contributed by atoms with E-state index in [9.17, 15) is 19.8 Å². The van der Waals surface area contributed by atoms with Gasteiger partial charge in [0.2, 0.25) is 0 Å². The van der Waals surface area contributed by atoms with Crippen LogP contribution in [0.2, 0.25) is 0 Å². The second-order valence-corrected chi connectivity index (χ2v) is 8.54. The van der Waals surface area contributed by atoms with Gasteiger partial charge in [0.05, 0.1) is 11.5 Å². The maximum atomic E-state index is 12.7. The van der Waals surface area contributed by atoms with Crippen molar-refractivity contribution < 1.29 is 19.8 Å². The molecule has 24 heavy (non-hydrogen) atoms. The molecule has 3 rings (SSSR count). The van der Waals surface area contributed by atoms with Gasteiger partial charge < -0.3 is 10.2 Å². The number of carbonyl (C=O) groups is 2. The second kappa shape index (κ2) is 4.99. The van der Waals surface area contributed by atoms with Crippen LogP contribution in [0.25, 0.3) is 0 Å². The van der Waals surface area contributed by atoms with Gasteiger partial charge in [0.25, 0.3) is 0 Å². The van der Waals surface area contributed by atoms with Gasteiger partial charge in [-0.1, -0.05) is 32.9 Å². The lowest BCUT2D eigenvalue weighted by atomic mass is 9.47. The number of aliphatic hydroxyl groups excluding tert-OH is 2. The molecular weight excluding hydrogens is 304 g/mol. The number of allylic oxidation sites excluding steroid dienone is 2. The monoisotopic (exact) mass is 330 g/mol. The van der Waals surface area contributed by atoms with Crippen molar-refractivity contribution >= 4 is 11.6 Å². The average Bonchev–Trinajstić information content (AvgIpc) is 2.51. The molecular formula is C20H26O4. The van der Waals surface area contributed by atoms with E-state index in [1.165, 1.54) is 6.08 Å².